The Balaban J connectivity index is 2.44. The lowest BCUT2D eigenvalue weighted by atomic mass is 10.2. The van der Waals surface area contributed by atoms with E-state index in [2.05, 4.69) is 33.5 Å². The number of carbonyl (C=O) groups is 1. The first-order valence-electron chi connectivity index (χ1n) is 5.59. The maximum atomic E-state index is 11.8. The Kier molecular flexibility index (Phi) is 6.55. The fourth-order valence-electron chi connectivity index (χ4n) is 1.33. The van der Waals surface area contributed by atoms with Crippen LogP contribution in [-0.2, 0) is 0 Å². The lowest BCUT2D eigenvalue weighted by Gasteiger charge is -2.07. The van der Waals surface area contributed by atoms with Crippen LogP contribution in [0.3, 0.4) is 0 Å². The van der Waals surface area contributed by atoms with Gasteiger partial charge in [-0.2, -0.15) is 0 Å². The molecule has 0 aliphatic carbocycles. The summed E-state index contributed by atoms with van der Waals surface area (Å²) in [4.78, 5) is 11.8. The zero-order valence-corrected chi connectivity index (χ0v) is 12.1. The maximum absolute atomic E-state index is 11.8. The van der Waals surface area contributed by atoms with Crippen LogP contribution in [0.1, 0.15) is 23.7 Å². The zero-order chi connectivity index (χ0) is 12.7. The highest BCUT2D eigenvalue weighted by molar-refractivity contribution is 9.10. The van der Waals surface area contributed by atoms with Crippen molar-refractivity contribution >= 4 is 33.4 Å². The molecular formula is C12H16BrClN2O. The molecule has 0 radical (unpaired) electrons. The first-order valence-corrected chi connectivity index (χ1v) is 6.76. The van der Waals surface area contributed by atoms with Crippen molar-refractivity contribution in [3.8, 4) is 0 Å². The molecule has 3 nitrogen and oxygen atoms in total. The Bertz CT molecular complexity index is 385. The van der Waals surface area contributed by atoms with E-state index in [-0.39, 0.29) is 5.91 Å². The normalized spacial score (nSPS) is 10.3. The van der Waals surface area contributed by atoms with Crippen LogP contribution in [0.15, 0.2) is 22.7 Å². The van der Waals surface area contributed by atoms with Gasteiger partial charge in [-0.1, -0.05) is 34.5 Å². The van der Waals surface area contributed by atoms with Crippen molar-refractivity contribution in [3.63, 3.8) is 0 Å². The van der Waals surface area contributed by atoms with Gasteiger partial charge in [0.15, 0.2) is 0 Å². The molecule has 0 aliphatic rings. The highest BCUT2D eigenvalue weighted by Gasteiger charge is 2.09. The molecule has 0 fully saturated rings. The van der Waals surface area contributed by atoms with Crippen molar-refractivity contribution in [2.45, 2.75) is 13.3 Å². The predicted octanol–water partition coefficient (Wildman–Crippen LogP) is 2.83. The minimum atomic E-state index is -0.144. The number of rotatable bonds is 6. The Labute approximate surface area is 115 Å². The van der Waals surface area contributed by atoms with E-state index in [0.717, 1.165) is 24.0 Å². The zero-order valence-electron chi connectivity index (χ0n) is 9.72. The third kappa shape index (κ3) is 5.06. The second-order valence-corrected chi connectivity index (χ2v) is 4.95. The molecule has 0 spiro atoms. The summed E-state index contributed by atoms with van der Waals surface area (Å²) in [6.45, 7) is 4.44. The van der Waals surface area contributed by atoms with Gasteiger partial charge in [-0.15, -0.1) is 0 Å². The molecular weight excluding hydrogens is 304 g/mol. The molecule has 0 aliphatic heterocycles. The van der Waals surface area contributed by atoms with Crippen molar-refractivity contribution in [2.24, 2.45) is 0 Å². The lowest BCUT2D eigenvalue weighted by molar-refractivity contribution is 0.0954. The van der Waals surface area contributed by atoms with Crippen LogP contribution in [0, 0.1) is 0 Å². The van der Waals surface area contributed by atoms with Gasteiger partial charge < -0.3 is 10.6 Å². The van der Waals surface area contributed by atoms with Gasteiger partial charge in [0.05, 0.1) is 10.6 Å². The van der Waals surface area contributed by atoms with Crippen molar-refractivity contribution in [3.05, 3.63) is 33.3 Å². The molecule has 0 heterocycles. The summed E-state index contributed by atoms with van der Waals surface area (Å²) in [5, 5.41) is 6.50. The summed E-state index contributed by atoms with van der Waals surface area (Å²) >= 11 is 9.27. The van der Waals surface area contributed by atoms with E-state index in [4.69, 9.17) is 11.6 Å². The van der Waals surface area contributed by atoms with E-state index in [1.165, 1.54) is 0 Å². The molecule has 0 unspecified atom stereocenters. The van der Waals surface area contributed by atoms with E-state index >= 15 is 0 Å². The topological polar surface area (TPSA) is 41.1 Å². The maximum Gasteiger partial charge on any atom is 0.252 e. The Morgan fingerprint density at radius 2 is 2.12 bits per heavy atom. The Morgan fingerprint density at radius 1 is 1.35 bits per heavy atom. The molecule has 94 valence electrons. The number of carbonyl (C=O) groups excluding carboxylic acids is 1. The number of hydrogen-bond acceptors (Lipinski definition) is 2. The van der Waals surface area contributed by atoms with Gasteiger partial charge in [-0.25, -0.2) is 0 Å². The summed E-state index contributed by atoms with van der Waals surface area (Å²) in [5.41, 5.74) is 0.497. The molecule has 17 heavy (non-hydrogen) atoms. The number of halogens is 2. The first-order chi connectivity index (χ1) is 8.15. The average Bonchev–Trinajstić information content (AvgIpc) is 2.32. The van der Waals surface area contributed by atoms with E-state index in [9.17, 15) is 4.79 Å². The monoisotopic (exact) mass is 318 g/mol. The summed E-state index contributed by atoms with van der Waals surface area (Å²) in [7, 11) is 0. The van der Waals surface area contributed by atoms with Crippen LogP contribution in [-0.4, -0.2) is 25.5 Å². The fourth-order valence-corrected chi connectivity index (χ4v) is 1.90. The number of hydrogen-bond donors (Lipinski definition) is 2. The van der Waals surface area contributed by atoms with Crippen LogP contribution in [0.2, 0.25) is 5.02 Å². The molecule has 5 heteroatoms. The van der Waals surface area contributed by atoms with Gasteiger partial charge in [0, 0.05) is 17.6 Å². The molecule has 1 aromatic carbocycles. The van der Waals surface area contributed by atoms with Crippen LogP contribution in [0.25, 0.3) is 0 Å². The fraction of sp³-hybridized carbons (Fsp3) is 0.417. The molecule has 1 rings (SSSR count). The SMILES string of the molecule is CCCNCCNC(=O)c1cc(Br)ccc1Cl. The van der Waals surface area contributed by atoms with E-state index in [0.29, 0.717) is 17.1 Å². The van der Waals surface area contributed by atoms with E-state index < -0.39 is 0 Å². The highest BCUT2D eigenvalue weighted by Crippen LogP contribution is 2.20. The smallest absolute Gasteiger partial charge is 0.252 e. The van der Waals surface area contributed by atoms with Gasteiger partial charge >= 0.3 is 0 Å². The van der Waals surface area contributed by atoms with E-state index in [1.807, 2.05) is 6.07 Å². The standard InChI is InChI=1S/C12H16BrClN2O/c1-2-5-15-6-7-16-12(17)10-8-9(13)3-4-11(10)14/h3-4,8,15H,2,5-7H2,1H3,(H,16,17). The second kappa shape index (κ2) is 7.69. The van der Waals surface area contributed by atoms with E-state index in [1.54, 1.807) is 12.1 Å². The van der Waals surface area contributed by atoms with Crippen LogP contribution in [0.4, 0.5) is 0 Å². The van der Waals surface area contributed by atoms with Crippen LogP contribution < -0.4 is 10.6 Å². The molecule has 0 saturated heterocycles. The third-order valence-electron chi connectivity index (χ3n) is 2.19. The molecule has 0 atom stereocenters. The number of nitrogens with one attached hydrogen (secondary N) is 2. The average molecular weight is 320 g/mol. The largest absolute Gasteiger partial charge is 0.351 e. The lowest BCUT2D eigenvalue weighted by Crippen LogP contribution is -2.32. The second-order valence-electron chi connectivity index (χ2n) is 3.63. The molecule has 2 N–H and O–H groups in total. The molecule has 1 aromatic rings. The van der Waals surface area contributed by atoms with Gasteiger partial charge in [0.25, 0.3) is 5.91 Å². The van der Waals surface area contributed by atoms with Crippen molar-refractivity contribution in [1.82, 2.24) is 10.6 Å². The van der Waals surface area contributed by atoms with Crippen molar-refractivity contribution < 1.29 is 4.79 Å². The van der Waals surface area contributed by atoms with Crippen molar-refractivity contribution in [2.75, 3.05) is 19.6 Å². The summed E-state index contributed by atoms with van der Waals surface area (Å²) in [5.74, 6) is -0.144. The minimum Gasteiger partial charge on any atom is -0.351 e. The molecule has 0 bridgehead atoms. The molecule has 0 aromatic heterocycles. The summed E-state index contributed by atoms with van der Waals surface area (Å²) < 4.78 is 0.844. The molecule has 0 saturated carbocycles. The number of benzene rings is 1. The van der Waals surface area contributed by atoms with Gasteiger partial charge in [-0.3, -0.25) is 4.79 Å². The highest BCUT2D eigenvalue weighted by atomic mass is 79.9. The predicted molar refractivity (Wildman–Crippen MR) is 74.6 cm³/mol. The van der Waals surface area contributed by atoms with Gasteiger partial charge in [0.2, 0.25) is 0 Å². The first kappa shape index (κ1) is 14.5. The van der Waals surface area contributed by atoms with Crippen LogP contribution >= 0.6 is 27.5 Å². The minimum absolute atomic E-state index is 0.144. The molecule has 1 amide bonds. The van der Waals surface area contributed by atoms with Crippen LogP contribution in [0.5, 0.6) is 0 Å². The summed E-state index contributed by atoms with van der Waals surface area (Å²) in [6, 6.07) is 5.23. The Morgan fingerprint density at radius 3 is 2.82 bits per heavy atom. The van der Waals surface area contributed by atoms with Gasteiger partial charge in [0.1, 0.15) is 0 Å². The Hall–Kier alpha value is -0.580. The third-order valence-corrected chi connectivity index (χ3v) is 3.01. The quantitative estimate of drug-likeness (QED) is 0.792. The van der Waals surface area contributed by atoms with Gasteiger partial charge in [-0.05, 0) is 31.2 Å². The van der Waals surface area contributed by atoms with Crippen molar-refractivity contribution in [1.29, 1.82) is 0 Å². The number of amides is 1. The summed E-state index contributed by atoms with van der Waals surface area (Å²) in [6.07, 6.45) is 1.09.